The Morgan fingerprint density at radius 2 is 1.92 bits per heavy atom. The Hall–Kier alpha value is -2.14. The molecule has 1 aromatic carbocycles. The fourth-order valence-corrected chi connectivity index (χ4v) is 3.71. The molecule has 0 spiro atoms. The first-order valence-electron chi connectivity index (χ1n) is 9.32. The molecule has 26 heavy (non-hydrogen) atoms. The Kier molecular flexibility index (Phi) is 6.83. The highest BCUT2D eigenvalue weighted by atomic mass is 32.1. The van der Waals surface area contributed by atoms with Crippen molar-refractivity contribution in [2.75, 3.05) is 13.1 Å². The molecular formula is C21H26N2O2S. The SMILES string of the molecule is Cc1nc(COc2ccccc2/C=C\C(=O)N2CCCCCCC2)cs1. The molecule has 5 heteroatoms. The molecule has 0 unspecified atom stereocenters. The molecule has 3 rings (SSSR count). The summed E-state index contributed by atoms with van der Waals surface area (Å²) in [5.74, 6) is 0.867. The van der Waals surface area contributed by atoms with E-state index in [9.17, 15) is 4.79 Å². The molecule has 0 atom stereocenters. The van der Waals surface area contributed by atoms with Gasteiger partial charge >= 0.3 is 0 Å². The maximum absolute atomic E-state index is 12.5. The van der Waals surface area contributed by atoms with Crippen molar-refractivity contribution in [1.82, 2.24) is 9.88 Å². The Morgan fingerprint density at radius 1 is 1.19 bits per heavy atom. The van der Waals surface area contributed by atoms with Crippen molar-refractivity contribution in [2.24, 2.45) is 0 Å². The molecular weight excluding hydrogens is 344 g/mol. The first kappa shape index (κ1) is 18.6. The van der Waals surface area contributed by atoms with Crippen LogP contribution in [-0.2, 0) is 11.4 Å². The summed E-state index contributed by atoms with van der Waals surface area (Å²) in [6.07, 6.45) is 9.49. The summed E-state index contributed by atoms with van der Waals surface area (Å²) in [6.45, 7) is 4.16. The maximum atomic E-state index is 12.5. The Morgan fingerprint density at radius 3 is 2.65 bits per heavy atom. The average Bonchev–Trinajstić information content (AvgIpc) is 3.03. The molecule has 2 aromatic rings. The number of rotatable bonds is 5. The van der Waals surface area contributed by atoms with Crippen molar-refractivity contribution in [3.8, 4) is 5.75 Å². The number of ether oxygens (including phenoxy) is 1. The summed E-state index contributed by atoms with van der Waals surface area (Å²) in [5, 5.41) is 3.05. The lowest BCUT2D eigenvalue weighted by molar-refractivity contribution is -0.126. The van der Waals surface area contributed by atoms with E-state index in [1.54, 1.807) is 17.4 Å². The summed E-state index contributed by atoms with van der Waals surface area (Å²) >= 11 is 1.62. The largest absolute Gasteiger partial charge is 0.487 e. The van der Waals surface area contributed by atoms with Gasteiger partial charge in [0, 0.05) is 30.1 Å². The van der Waals surface area contributed by atoms with Gasteiger partial charge in [-0.05, 0) is 31.9 Å². The summed E-state index contributed by atoms with van der Waals surface area (Å²) in [4.78, 5) is 18.9. The number of carbonyl (C=O) groups excluding carboxylic acids is 1. The van der Waals surface area contributed by atoms with Crippen molar-refractivity contribution in [1.29, 1.82) is 0 Å². The second-order valence-corrected chi connectivity index (χ2v) is 7.67. The van der Waals surface area contributed by atoms with E-state index < -0.39 is 0 Å². The number of aromatic nitrogens is 1. The highest BCUT2D eigenvalue weighted by molar-refractivity contribution is 7.09. The minimum Gasteiger partial charge on any atom is -0.487 e. The number of amides is 1. The number of likely N-dealkylation sites (tertiary alicyclic amines) is 1. The van der Waals surface area contributed by atoms with Crippen LogP contribution in [0.5, 0.6) is 5.75 Å². The number of hydrogen-bond donors (Lipinski definition) is 0. The van der Waals surface area contributed by atoms with Gasteiger partial charge in [0.05, 0.1) is 10.7 Å². The zero-order valence-electron chi connectivity index (χ0n) is 15.3. The zero-order chi connectivity index (χ0) is 18.2. The van der Waals surface area contributed by atoms with Gasteiger partial charge in [-0.25, -0.2) is 4.98 Å². The number of nitrogens with zero attached hydrogens (tertiary/aromatic N) is 2. The van der Waals surface area contributed by atoms with Crippen LogP contribution in [0.1, 0.15) is 48.4 Å². The smallest absolute Gasteiger partial charge is 0.246 e. The third-order valence-electron chi connectivity index (χ3n) is 4.53. The monoisotopic (exact) mass is 370 g/mol. The summed E-state index contributed by atoms with van der Waals surface area (Å²) in [6, 6.07) is 7.80. The molecule has 1 aliphatic heterocycles. The molecule has 0 bridgehead atoms. The molecule has 0 aliphatic carbocycles. The quantitative estimate of drug-likeness (QED) is 0.708. The predicted molar refractivity (Wildman–Crippen MR) is 106 cm³/mol. The van der Waals surface area contributed by atoms with Crippen LogP contribution in [0.4, 0.5) is 0 Å². The van der Waals surface area contributed by atoms with Crippen molar-refractivity contribution in [3.05, 3.63) is 52.0 Å². The van der Waals surface area contributed by atoms with Crippen LogP contribution in [0.25, 0.3) is 6.08 Å². The lowest BCUT2D eigenvalue weighted by Gasteiger charge is -2.23. The molecule has 1 fully saturated rings. The second kappa shape index (κ2) is 9.53. The normalized spacial score (nSPS) is 15.7. The molecule has 1 aliphatic rings. The number of benzene rings is 1. The Bertz CT molecular complexity index is 746. The number of hydrogen-bond acceptors (Lipinski definition) is 4. The summed E-state index contributed by atoms with van der Waals surface area (Å²) in [5.41, 5.74) is 1.85. The van der Waals surface area contributed by atoms with E-state index in [1.165, 1.54) is 19.3 Å². The van der Waals surface area contributed by atoms with Gasteiger partial charge in [-0.2, -0.15) is 0 Å². The first-order chi connectivity index (χ1) is 12.7. The van der Waals surface area contributed by atoms with Crippen molar-refractivity contribution in [3.63, 3.8) is 0 Å². The molecule has 4 nitrogen and oxygen atoms in total. The van der Waals surface area contributed by atoms with Gasteiger partial charge in [0.25, 0.3) is 0 Å². The minimum atomic E-state index is 0.0943. The number of para-hydroxylation sites is 1. The number of carbonyl (C=O) groups is 1. The lowest BCUT2D eigenvalue weighted by atomic mass is 10.1. The molecule has 0 saturated carbocycles. The molecule has 138 valence electrons. The van der Waals surface area contributed by atoms with Gasteiger partial charge in [0.15, 0.2) is 0 Å². The van der Waals surface area contributed by atoms with Crippen molar-refractivity contribution < 1.29 is 9.53 Å². The van der Waals surface area contributed by atoms with Crippen LogP contribution in [0.2, 0.25) is 0 Å². The third-order valence-corrected chi connectivity index (χ3v) is 5.36. The maximum Gasteiger partial charge on any atom is 0.246 e. The third kappa shape index (κ3) is 5.43. The molecule has 1 amide bonds. The van der Waals surface area contributed by atoms with Crippen LogP contribution < -0.4 is 4.74 Å². The minimum absolute atomic E-state index is 0.0943. The van der Waals surface area contributed by atoms with E-state index in [2.05, 4.69) is 4.98 Å². The summed E-state index contributed by atoms with van der Waals surface area (Å²) < 4.78 is 5.92. The van der Waals surface area contributed by atoms with Gasteiger partial charge in [-0.3, -0.25) is 4.79 Å². The van der Waals surface area contributed by atoms with E-state index in [4.69, 9.17) is 4.74 Å². The van der Waals surface area contributed by atoms with Crippen molar-refractivity contribution >= 4 is 23.3 Å². The predicted octanol–water partition coefficient (Wildman–Crippen LogP) is 4.84. The standard InChI is InChI=1S/C21H26N2O2S/c1-17-22-19(16-26-17)15-25-20-10-6-5-9-18(20)11-12-21(24)23-13-7-3-2-4-8-14-23/h5-6,9-12,16H,2-4,7-8,13-15H2,1H3/b12-11-. The topological polar surface area (TPSA) is 42.4 Å². The van der Waals surface area contributed by atoms with Crippen molar-refractivity contribution in [2.45, 2.75) is 45.6 Å². The average molecular weight is 371 g/mol. The first-order valence-corrected chi connectivity index (χ1v) is 10.2. The van der Waals surface area contributed by atoms with Crippen LogP contribution >= 0.6 is 11.3 Å². The molecule has 1 saturated heterocycles. The van der Waals surface area contributed by atoms with Crippen LogP contribution in [0.3, 0.4) is 0 Å². The van der Waals surface area contributed by atoms with Gasteiger partial charge in [0.1, 0.15) is 12.4 Å². The van der Waals surface area contributed by atoms with E-state index in [1.807, 2.05) is 47.5 Å². The Labute approximate surface area is 159 Å². The molecule has 0 N–H and O–H groups in total. The van der Waals surface area contributed by atoms with Crippen LogP contribution in [0, 0.1) is 6.92 Å². The number of aryl methyl sites for hydroxylation is 1. The molecule has 2 heterocycles. The van der Waals surface area contributed by atoms with E-state index >= 15 is 0 Å². The van der Waals surface area contributed by atoms with Crippen LogP contribution in [0.15, 0.2) is 35.7 Å². The van der Waals surface area contributed by atoms with Gasteiger partial charge in [-0.15, -0.1) is 11.3 Å². The highest BCUT2D eigenvalue weighted by Gasteiger charge is 2.12. The summed E-state index contributed by atoms with van der Waals surface area (Å²) in [7, 11) is 0. The van der Waals surface area contributed by atoms with E-state index in [0.717, 1.165) is 47.9 Å². The molecule has 0 radical (unpaired) electrons. The highest BCUT2D eigenvalue weighted by Crippen LogP contribution is 2.21. The second-order valence-electron chi connectivity index (χ2n) is 6.61. The van der Waals surface area contributed by atoms with E-state index in [0.29, 0.717) is 6.61 Å². The van der Waals surface area contributed by atoms with E-state index in [-0.39, 0.29) is 5.91 Å². The van der Waals surface area contributed by atoms with Gasteiger partial charge < -0.3 is 9.64 Å². The van der Waals surface area contributed by atoms with Gasteiger partial charge in [0.2, 0.25) is 5.91 Å². The fraction of sp³-hybridized carbons (Fsp3) is 0.429. The lowest BCUT2D eigenvalue weighted by Crippen LogP contribution is -2.32. The van der Waals surface area contributed by atoms with Crippen LogP contribution in [-0.4, -0.2) is 28.9 Å². The van der Waals surface area contributed by atoms with Gasteiger partial charge in [-0.1, -0.05) is 37.5 Å². The Balaban J connectivity index is 1.62. The molecule has 1 aromatic heterocycles. The zero-order valence-corrected chi connectivity index (χ0v) is 16.1. The fourth-order valence-electron chi connectivity index (χ4n) is 3.11. The number of thiazole rings is 1.